The molecule has 2 nitrogen and oxygen atoms in total. The van der Waals surface area contributed by atoms with Crippen LogP contribution in [0.15, 0.2) is 33.2 Å². The minimum atomic E-state index is 0.447. The molecule has 1 atom stereocenters. The van der Waals surface area contributed by atoms with Gasteiger partial charge in [0.25, 0.3) is 0 Å². The number of halogens is 2. The van der Waals surface area contributed by atoms with E-state index >= 15 is 0 Å². The number of ether oxygens (including phenoxy) is 1. The summed E-state index contributed by atoms with van der Waals surface area (Å²) in [4.78, 5) is 2.81. The van der Waals surface area contributed by atoms with E-state index in [-0.39, 0.29) is 0 Å². The van der Waals surface area contributed by atoms with Gasteiger partial charge in [-0.2, -0.15) is 0 Å². The Hall–Kier alpha value is -0.360. The molecule has 0 bridgehead atoms. The van der Waals surface area contributed by atoms with Gasteiger partial charge in [-0.25, -0.2) is 0 Å². The summed E-state index contributed by atoms with van der Waals surface area (Å²) in [7, 11) is 1.67. The van der Waals surface area contributed by atoms with Crippen LogP contribution in [0.4, 0.5) is 0 Å². The quantitative estimate of drug-likeness (QED) is 0.667. The van der Waals surface area contributed by atoms with Crippen molar-refractivity contribution in [3.8, 4) is 5.75 Å². The van der Waals surface area contributed by atoms with Crippen molar-refractivity contribution in [2.45, 2.75) is 32.9 Å². The van der Waals surface area contributed by atoms with Crippen LogP contribution in [0.2, 0.25) is 0 Å². The molecule has 0 aliphatic carbocycles. The van der Waals surface area contributed by atoms with E-state index in [4.69, 9.17) is 4.74 Å². The van der Waals surface area contributed by atoms with Gasteiger partial charge in [0.1, 0.15) is 5.75 Å². The molecule has 5 heteroatoms. The first kappa shape index (κ1) is 17.0. The number of aryl methyl sites for hydroxylation is 1. The molecule has 1 aromatic carbocycles. The lowest BCUT2D eigenvalue weighted by Crippen LogP contribution is -2.27. The Morgan fingerprint density at radius 1 is 1.24 bits per heavy atom. The van der Waals surface area contributed by atoms with Crippen LogP contribution in [0, 0.1) is 6.92 Å². The second-order valence-corrected chi connectivity index (χ2v) is 8.17. The first-order chi connectivity index (χ1) is 9.99. The molecule has 0 aliphatic rings. The van der Waals surface area contributed by atoms with Crippen molar-refractivity contribution in [3.63, 3.8) is 0 Å². The Kier molecular flexibility index (Phi) is 6.29. The summed E-state index contributed by atoms with van der Waals surface area (Å²) in [6, 6.07) is 9.04. The summed E-state index contributed by atoms with van der Waals surface area (Å²) in [6.45, 7) is 5.22. The zero-order chi connectivity index (χ0) is 15.4. The van der Waals surface area contributed by atoms with E-state index in [9.17, 15) is 0 Å². The Morgan fingerprint density at radius 2 is 1.90 bits per heavy atom. The highest BCUT2D eigenvalue weighted by atomic mass is 79.9. The number of hydrogen-bond acceptors (Lipinski definition) is 3. The van der Waals surface area contributed by atoms with Crippen molar-refractivity contribution in [3.05, 3.63) is 48.5 Å². The van der Waals surface area contributed by atoms with Gasteiger partial charge in [-0.15, -0.1) is 11.3 Å². The molecule has 0 aliphatic heterocycles. The first-order valence-electron chi connectivity index (χ1n) is 6.80. The smallest absolute Gasteiger partial charge is 0.147 e. The molecule has 1 aromatic heterocycles. The van der Waals surface area contributed by atoms with Gasteiger partial charge < -0.3 is 10.1 Å². The third kappa shape index (κ3) is 4.81. The van der Waals surface area contributed by atoms with Crippen LogP contribution < -0.4 is 10.1 Å². The Labute approximate surface area is 147 Å². The second-order valence-electron chi connectivity index (χ2n) is 5.09. The zero-order valence-corrected chi connectivity index (χ0v) is 16.4. The molecule has 0 saturated heterocycles. The minimum absolute atomic E-state index is 0.447. The second kappa shape index (κ2) is 7.77. The van der Waals surface area contributed by atoms with Crippen LogP contribution in [0.3, 0.4) is 0 Å². The van der Waals surface area contributed by atoms with Gasteiger partial charge in [-0.05, 0) is 82.0 Å². The third-order valence-electron chi connectivity index (χ3n) is 3.22. The summed E-state index contributed by atoms with van der Waals surface area (Å²) in [5.74, 6) is 0.834. The van der Waals surface area contributed by atoms with E-state index in [1.807, 2.05) is 11.3 Å². The van der Waals surface area contributed by atoms with Crippen molar-refractivity contribution in [1.29, 1.82) is 0 Å². The van der Waals surface area contributed by atoms with E-state index in [2.05, 4.69) is 75.3 Å². The molecule has 114 valence electrons. The fraction of sp³-hybridized carbons (Fsp3) is 0.375. The average molecular weight is 433 g/mol. The number of benzene rings is 1. The van der Waals surface area contributed by atoms with E-state index in [0.717, 1.165) is 27.7 Å². The van der Waals surface area contributed by atoms with Gasteiger partial charge in [0.2, 0.25) is 0 Å². The van der Waals surface area contributed by atoms with E-state index in [1.54, 1.807) is 7.11 Å². The molecule has 0 radical (unpaired) electrons. The Balaban J connectivity index is 1.93. The maximum atomic E-state index is 5.32. The number of hydrogen-bond donors (Lipinski definition) is 1. The molecule has 2 rings (SSSR count). The van der Waals surface area contributed by atoms with Gasteiger partial charge in [0, 0.05) is 22.3 Å². The minimum Gasteiger partial charge on any atom is -0.494 e. The van der Waals surface area contributed by atoms with Gasteiger partial charge in [0.05, 0.1) is 16.1 Å². The van der Waals surface area contributed by atoms with Crippen molar-refractivity contribution < 1.29 is 4.74 Å². The maximum Gasteiger partial charge on any atom is 0.147 e. The monoisotopic (exact) mass is 431 g/mol. The molecule has 0 saturated carbocycles. The lowest BCUT2D eigenvalue weighted by atomic mass is 10.1. The predicted molar refractivity (Wildman–Crippen MR) is 97.5 cm³/mol. The number of nitrogens with one attached hydrogen (secondary N) is 1. The molecule has 2 aromatic rings. The molecule has 0 fully saturated rings. The highest BCUT2D eigenvalue weighted by Gasteiger charge is 2.09. The number of methoxy groups -OCH3 is 1. The average Bonchev–Trinajstić information content (AvgIpc) is 2.81. The lowest BCUT2D eigenvalue weighted by molar-refractivity contribution is 0.409. The van der Waals surface area contributed by atoms with Gasteiger partial charge in [-0.3, -0.25) is 0 Å². The Bertz CT molecular complexity index is 589. The van der Waals surface area contributed by atoms with Crippen molar-refractivity contribution in [1.82, 2.24) is 5.32 Å². The number of thiophene rings is 1. The summed E-state index contributed by atoms with van der Waals surface area (Å²) in [5.41, 5.74) is 1.23. The molecular weight excluding hydrogens is 414 g/mol. The lowest BCUT2D eigenvalue weighted by Gasteiger charge is -2.14. The van der Waals surface area contributed by atoms with E-state index in [1.165, 1.54) is 15.3 Å². The number of rotatable bonds is 6. The van der Waals surface area contributed by atoms with Crippen molar-refractivity contribution in [2.75, 3.05) is 7.11 Å². The highest BCUT2D eigenvalue weighted by molar-refractivity contribution is 9.11. The fourth-order valence-electron chi connectivity index (χ4n) is 2.17. The summed E-state index contributed by atoms with van der Waals surface area (Å²) in [5, 5.41) is 3.57. The van der Waals surface area contributed by atoms with E-state index in [0.29, 0.717) is 6.04 Å². The van der Waals surface area contributed by atoms with Crippen LogP contribution in [0.5, 0.6) is 5.75 Å². The van der Waals surface area contributed by atoms with Crippen LogP contribution in [-0.2, 0) is 13.0 Å². The van der Waals surface area contributed by atoms with Gasteiger partial charge >= 0.3 is 0 Å². The molecule has 21 heavy (non-hydrogen) atoms. The van der Waals surface area contributed by atoms with E-state index < -0.39 is 0 Å². The third-order valence-corrected chi connectivity index (χ3v) is 5.42. The van der Waals surface area contributed by atoms with Crippen molar-refractivity contribution >= 4 is 43.2 Å². The summed E-state index contributed by atoms with van der Waals surface area (Å²) in [6.07, 6.45) is 1.07. The van der Waals surface area contributed by atoms with Crippen LogP contribution >= 0.6 is 43.2 Å². The predicted octanol–water partition coefficient (Wildman–Crippen LogP) is 5.31. The molecule has 1 N–H and O–H groups in total. The summed E-state index contributed by atoms with van der Waals surface area (Å²) < 4.78 is 7.27. The summed E-state index contributed by atoms with van der Waals surface area (Å²) >= 11 is 8.96. The van der Waals surface area contributed by atoms with Gasteiger partial charge in [0.15, 0.2) is 0 Å². The molecule has 1 heterocycles. The van der Waals surface area contributed by atoms with Gasteiger partial charge in [-0.1, -0.05) is 0 Å². The first-order valence-corrected chi connectivity index (χ1v) is 9.20. The normalized spacial score (nSPS) is 12.4. The topological polar surface area (TPSA) is 21.3 Å². The van der Waals surface area contributed by atoms with Crippen LogP contribution in [0.25, 0.3) is 0 Å². The highest BCUT2D eigenvalue weighted by Crippen LogP contribution is 2.34. The fourth-order valence-corrected chi connectivity index (χ4v) is 4.79. The molecule has 1 unspecified atom stereocenters. The maximum absolute atomic E-state index is 5.32. The standard InChI is InChI=1S/C16H19Br2NOS/c1-10(6-13-5-4-11(2)21-13)19-9-12-7-14(17)16(20-3)15(18)8-12/h4-5,7-8,10,19H,6,9H2,1-3H3. The van der Waals surface area contributed by atoms with Crippen LogP contribution in [-0.4, -0.2) is 13.2 Å². The molecule has 0 spiro atoms. The van der Waals surface area contributed by atoms with Crippen LogP contribution in [0.1, 0.15) is 22.2 Å². The Morgan fingerprint density at radius 3 is 2.43 bits per heavy atom. The van der Waals surface area contributed by atoms with Crippen molar-refractivity contribution in [2.24, 2.45) is 0 Å². The largest absolute Gasteiger partial charge is 0.494 e. The molecular formula is C16H19Br2NOS. The molecule has 0 amide bonds. The zero-order valence-electron chi connectivity index (χ0n) is 12.4. The SMILES string of the molecule is COc1c(Br)cc(CNC(C)Cc2ccc(C)s2)cc1Br.